The maximum Gasteiger partial charge on any atom is 0.334 e. The van der Waals surface area contributed by atoms with Crippen LogP contribution in [0, 0.1) is 28.6 Å². The summed E-state index contributed by atoms with van der Waals surface area (Å²) in [5, 5.41) is 9.72. The van der Waals surface area contributed by atoms with Gasteiger partial charge in [0.1, 0.15) is 0 Å². The summed E-state index contributed by atoms with van der Waals surface area (Å²) in [5.41, 5.74) is 1.16. The Labute approximate surface area is 170 Å². The predicted octanol–water partition coefficient (Wildman–Crippen LogP) is 5.57. The number of hydrogen-bond donors (Lipinski definition) is 1. The third kappa shape index (κ3) is 4.42. The summed E-state index contributed by atoms with van der Waals surface area (Å²) in [5.74, 6) is 1.78. The molecule has 5 aliphatic rings. The van der Waals surface area contributed by atoms with Crippen molar-refractivity contribution < 1.29 is 19.4 Å². The van der Waals surface area contributed by atoms with Gasteiger partial charge in [0.25, 0.3) is 0 Å². The van der Waals surface area contributed by atoms with E-state index < -0.39 is 5.97 Å². The molecular weight excluding hydrogens is 352 g/mol. The van der Waals surface area contributed by atoms with Gasteiger partial charge in [0.2, 0.25) is 0 Å². The van der Waals surface area contributed by atoms with Gasteiger partial charge in [0.05, 0.1) is 31.7 Å². The van der Waals surface area contributed by atoms with Gasteiger partial charge in [-0.05, 0) is 93.8 Å². The summed E-state index contributed by atoms with van der Waals surface area (Å²) in [6.07, 6.45) is 16.0. The largest absolute Gasteiger partial charge is 0.501 e. The quantitative estimate of drug-likeness (QED) is 0.285. The molecule has 0 unspecified atom stereocenters. The predicted molar refractivity (Wildman–Crippen MR) is 109 cm³/mol. The van der Waals surface area contributed by atoms with E-state index in [0.717, 1.165) is 43.8 Å². The van der Waals surface area contributed by atoms with Crippen LogP contribution in [-0.4, -0.2) is 30.9 Å². The molecule has 28 heavy (non-hydrogen) atoms. The van der Waals surface area contributed by atoms with E-state index in [2.05, 4.69) is 6.92 Å². The second-order valence-corrected chi connectivity index (χ2v) is 10.6. The summed E-state index contributed by atoms with van der Waals surface area (Å²) in [6.45, 7) is 4.69. The number of unbranched alkanes of at least 4 members (excludes halogenated alkanes) is 1. The Kier molecular flexibility index (Phi) is 6.06. The number of ether oxygens (including phenoxy) is 2. The van der Waals surface area contributed by atoms with Gasteiger partial charge in [-0.25, -0.2) is 4.79 Å². The summed E-state index contributed by atoms with van der Waals surface area (Å²) < 4.78 is 11.2. The Morgan fingerprint density at radius 2 is 1.71 bits per heavy atom. The van der Waals surface area contributed by atoms with Crippen molar-refractivity contribution in [2.45, 2.75) is 84.0 Å². The zero-order valence-electron chi connectivity index (χ0n) is 17.6. The van der Waals surface area contributed by atoms with Gasteiger partial charge in [-0.3, -0.25) is 0 Å². The highest BCUT2D eigenvalue weighted by Gasteiger charge is 2.51. The molecule has 0 radical (unpaired) electrons. The molecule has 4 aliphatic carbocycles. The van der Waals surface area contributed by atoms with Crippen molar-refractivity contribution in [3.05, 3.63) is 11.8 Å². The van der Waals surface area contributed by atoms with E-state index in [1.807, 2.05) is 0 Å². The molecule has 1 N–H and O–H groups in total. The topological polar surface area (TPSA) is 55.8 Å². The van der Waals surface area contributed by atoms with Crippen LogP contribution in [0.2, 0.25) is 0 Å². The average Bonchev–Trinajstić information content (AvgIpc) is 2.59. The van der Waals surface area contributed by atoms with Crippen molar-refractivity contribution in [2.24, 2.45) is 28.6 Å². The number of carboxylic acids is 1. The van der Waals surface area contributed by atoms with Crippen LogP contribution in [0.4, 0.5) is 0 Å². The minimum Gasteiger partial charge on any atom is -0.501 e. The third-order valence-corrected chi connectivity index (χ3v) is 8.05. The smallest absolute Gasteiger partial charge is 0.334 e. The molecule has 0 aromatic heterocycles. The van der Waals surface area contributed by atoms with Gasteiger partial charge in [-0.1, -0.05) is 13.3 Å². The number of hydrogen-bond acceptors (Lipinski definition) is 3. The first kappa shape index (κ1) is 20.3. The first-order chi connectivity index (χ1) is 13.5. The van der Waals surface area contributed by atoms with E-state index in [1.165, 1.54) is 57.8 Å². The minimum absolute atomic E-state index is 0.249. The molecule has 0 aromatic rings. The number of rotatable bonds is 11. The summed E-state index contributed by atoms with van der Waals surface area (Å²) in [4.78, 5) is 11.8. The van der Waals surface area contributed by atoms with Crippen LogP contribution >= 0.6 is 0 Å². The molecule has 4 heteroatoms. The van der Waals surface area contributed by atoms with Gasteiger partial charge < -0.3 is 14.6 Å². The van der Waals surface area contributed by atoms with Gasteiger partial charge in [0.15, 0.2) is 0 Å². The zero-order valence-corrected chi connectivity index (χ0v) is 17.6. The van der Waals surface area contributed by atoms with Gasteiger partial charge >= 0.3 is 5.97 Å². The fraction of sp³-hybridized carbons (Fsp3) is 0.875. The molecule has 0 spiro atoms. The standard InChI is InChI=1S/C24H38O4/c1-2-5-23(16-28-17-23)6-3-4-7-27-15-21(22(25)26)14-24-11-18-8-19(12-24)10-20(9-18)13-24/h15,18-20H,2-14,16-17H2,1H3,(H,25,26). The summed E-state index contributed by atoms with van der Waals surface area (Å²) in [7, 11) is 0. The number of aliphatic carboxylic acids is 1. The highest BCUT2D eigenvalue weighted by Crippen LogP contribution is 2.62. The molecule has 0 amide bonds. The second kappa shape index (κ2) is 8.38. The summed E-state index contributed by atoms with van der Waals surface area (Å²) >= 11 is 0. The Morgan fingerprint density at radius 3 is 2.21 bits per heavy atom. The van der Waals surface area contributed by atoms with Crippen LogP contribution in [0.15, 0.2) is 11.8 Å². The second-order valence-electron chi connectivity index (χ2n) is 10.6. The van der Waals surface area contributed by atoms with Crippen LogP contribution in [0.1, 0.15) is 84.0 Å². The zero-order chi connectivity index (χ0) is 19.6. The van der Waals surface area contributed by atoms with E-state index in [4.69, 9.17) is 9.47 Å². The molecule has 4 nitrogen and oxygen atoms in total. The van der Waals surface area contributed by atoms with Crippen LogP contribution in [0.25, 0.3) is 0 Å². The lowest BCUT2D eigenvalue weighted by atomic mass is 9.48. The van der Waals surface area contributed by atoms with Crippen molar-refractivity contribution >= 4 is 5.97 Å². The molecule has 5 fully saturated rings. The Hall–Kier alpha value is -1.03. The molecule has 0 atom stereocenters. The van der Waals surface area contributed by atoms with Crippen molar-refractivity contribution in [1.82, 2.24) is 0 Å². The van der Waals surface area contributed by atoms with Crippen molar-refractivity contribution in [2.75, 3.05) is 19.8 Å². The van der Waals surface area contributed by atoms with E-state index in [0.29, 0.717) is 24.0 Å². The van der Waals surface area contributed by atoms with Crippen molar-refractivity contribution in [1.29, 1.82) is 0 Å². The lowest BCUT2D eigenvalue weighted by Gasteiger charge is -2.57. The maximum absolute atomic E-state index is 11.8. The average molecular weight is 391 g/mol. The molecule has 0 aromatic carbocycles. The Morgan fingerprint density at radius 1 is 1.07 bits per heavy atom. The third-order valence-electron chi connectivity index (χ3n) is 8.05. The highest BCUT2D eigenvalue weighted by atomic mass is 16.5. The molecule has 1 saturated heterocycles. The van der Waals surface area contributed by atoms with Gasteiger partial charge in [-0.2, -0.15) is 0 Å². The number of carbonyl (C=O) groups is 1. The molecular formula is C24H38O4. The maximum atomic E-state index is 11.8. The monoisotopic (exact) mass is 390 g/mol. The molecule has 158 valence electrons. The molecule has 1 aliphatic heterocycles. The van der Waals surface area contributed by atoms with E-state index in [-0.39, 0.29) is 5.41 Å². The van der Waals surface area contributed by atoms with E-state index in [9.17, 15) is 9.90 Å². The van der Waals surface area contributed by atoms with Crippen LogP contribution in [-0.2, 0) is 14.3 Å². The Balaban J connectivity index is 1.23. The van der Waals surface area contributed by atoms with Gasteiger partial charge in [0, 0.05) is 5.41 Å². The first-order valence-corrected chi connectivity index (χ1v) is 11.6. The van der Waals surface area contributed by atoms with E-state index in [1.54, 1.807) is 6.26 Å². The lowest BCUT2D eigenvalue weighted by Crippen LogP contribution is -2.46. The fourth-order valence-electron chi connectivity index (χ4n) is 7.26. The SMILES string of the molecule is CCCC1(CCCCOC=C(CC23CC4CC(CC(C4)C2)C3)C(=O)O)COC1. The highest BCUT2D eigenvalue weighted by molar-refractivity contribution is 5.86. The Bertz CT molecular complexity index is 554. The fourth-order valence-corrected chi connectivity index (χ4v) is 7.26. The van der Waals surface area contributed by atoms with Crippen molar-refractivity contribution in [3.63, 3.8) is 0 Å². The number of carboxylic acid groups (broad SMARTS) is 1. The van der Waals surface area contributed by atoms with Gasteiger partial charge in [-0.15, -0.1) is 0 Å². The molecule has 1 heterocycles. The minimum atomic E-state index is -0.788. The lowest BCUT2D eigenvalue weighted by molar-refractivity contribution is -0.134. The van der Waals surface area contributed by atoms with Crippen LogP contribution in [0.5, 0.6) is 0 Å². The van der Waals surface area contributed by atoms with Crippen LogP contribution in [0.3, 0.4) is 0 Å². The summed E-state index contributed by atoms with van der Waals surface area (Å²) in [6, 6.07) is 0. The molecule has 4 saturated carbocycles. The van der Waals surface area contributed by atoms with Crippen LogP contribution < -0.4 is 0 Å². The molecule has 4 bridgehead atoms. The molecule has 5 rings (SSSR count). The first-order valence-electron chi connectivity index (χ1n) is 11.6. The van der Waals surface area contributed by atoms with Crippen molar-refractivity contribution in [3.8, 4) is 0 Å². The van der Waals surface area contributed by atoms with E-state index >= 15 is 0 Å². The normalized spacial score (nSPS) is 35.6.